The van der Waals surface area contributed by atoms with Gasteiger partial charge in [0.15, 0.2) is 0 Å². The van der Waals surface area contributed by atoms with E-state index < -0.39 is 0 Å². The Morgan fingerprint density at radius 3 is 2.79 bits per heavy atom. The van der Waals surface area contributed by atoms with Crippen LogP contribution >= 0.6 is 39.0 Å². The summed E-state index contributed by atoms with van der Waals surface area (Å²) in [6.45, 7) is 0. The fourth-order valence-electron chi connectivity index (χ4n) is 1.60. The number of carbonyl (C=O) groups is 1. The SMILES string of the molecule is CSc1sc(C(=O)c2cccc(Br)c2)c(N)c1C#N. The number of ketones is 1. The molecule has 0 aliphatic heterocycles. The molecule has 0 bridgehead atoms. The molecule has 19 heavy (non-hydrogen) atoms. The number of nitrogens with zero attached hydrogens (tertiary/aromatic N) is 1. The number of rotatable bonds is 3. The van der Waals surface area contributed by atoms with Crippen LogP contribution in [0.4, 0.5) is 5.69 Å². The van der Waals surface area contributed by atoms with Crippen LogP contribution in [0.5, 0.6) is 0 Å². The molecule has 0 spiro atoms. The molecule has 0 amide bonds. The summed E-state index contributed by atoms with van der Waals surface area (Å²) in [4.78, 5) is 12.8. The average Bonchev–Trinajstić information content (AvgIpc) is 2.74. The molecule has 0 fully saturated rings. The maximum Gasteiger partial charge on any atom is 0.205 e. The topological polar surface area (TPSA) is 66.9 Å². The number of hydrogen-bond acceptors (Lipinski definition) is 5. The maximum atomic E-state index is 12.4. The van der Waals surface area contributed by atoms with E-state index in [2.05, 4.69) is 22.0 Å². The molecule has 2 N–H and O–H groups in total. The van der Waals surface area contributed by atoms with E-state index in [9.17, 15) is 4.79 Å². The van der Waals surface area contributed by atoms with Crippen LogP contribution in [0, 0.1) is 11.3 Å². The number of nitriles is 1. The molecule has 0 saturated heterocycles. The highest BCUT2D eigenvalue weighted by atomic mass is 79.9. The molecular weight excluding hydrogens is 344 g/mol. The molecule has 0 aliphatic rings. The van der Waals surface area contributed by atoms with Crippen LogP contribution in [-0.4, -0.2) is 12.0 Å². The second kappa shape index (κ2) is 5.78. The Hall–Kier alpha value is -1.29. The van der Waals surface area contributed by atoms with Crippen molar-refractivity contribution in [3.05, 3.63) is 44.7 Å². The van der Waals surface area contributed by atoms with Gasteiger partial charge in [-0.1, -0.05) is 28.1 Å². The maximum absolute atomic E-state index is 12.4. The predicted molar refractivity (Wildman–Crippen MR) is 82.8 cm³/mol. The molecule has 2 rings (SSSR count). The van der Waals surface area contributed by atoms with E-state index in [1.165, 1.54) is 23.1 Å². The molecule has 1 aromatic heterocycles. The number of anilines is 1. The van der Waals surface area contributed by atoms with Crippen LogP contribution in [-0.2, 0) is 0 Å². The largest absolute Gasteiger partial charge is 0.396 e. The summed E-state index contributed by atoms with van der Waals surface area (Å²) in [6, 6.07) is 9.17. The van der Waals surface area contributed by atoms with Gasteiger partial charge in [0.05, 0.1) is 9.90 Å². The Labute approximate surface area is 127 Å². The van der Waals surface area contributed by atoms with Crippen molar-refractivity contribution in [2.24, 2.45) is 0 Å². The summed E-state index contributed by atoms with van der Waals surface area (Å²) in [5.41, 5.74) is 7.14. The average molecular weight is 353 g/mol. The predicted octanol–water partition coefficient (Wildman–Crippen LogP) is 3.92. The number of carbonyl (C=O) groups excluding carboxylic acids is 1. The molecule has 1 heterocycles. The molecule has 0 atom stereocenters. The van der Waals surface area contributed by atoms with Crippen molar-refractivity contribution in [3.63, 3.8) is 0 Å². The number of halogens is 1. The number of hydrogen-bond donors (Lipinski definition) is 1. The van der Waals surface area contributed by atoms with Crippen LogP contribution < -0.4 is 5.73 Å². The Balaban J connectivity index is 2.51. The van der Waals surface area contributed by atoms with Crippen LogP contribution in [0.3, 0.4) is 0 Å². The van der Waals surface area contributed by atoms with Gasteiger partial charge in [-0.2, -0.15) is 5.26 Å². The van der Waals surface area contributed by atoms with Crippen molar-refractivity contribution in [3.8, 4) is 6.07 Å². The van der Waals surface area contributed by atoms with Crippen molar-refractivity contribution >= 4 is 50.5 Å². The lowest BCUT2D eigenvalue weighted by atomic mass is 10.1. The molecule has 0 aliphatic carbocycles. The minimum absolute atomic E-state index is 0.152. The molecular formula is C13H9BrN2OS2. The highest BCUT2D eigenvalue weighted by Crippen LogP contribution is 2.37. The summed E-state index contributed by atoms with van der Waals surface area (Å²) in [5, 5.41) is 9.08. The normalized spacial score (nSPS) is 10.2. The zero-order chi connectivity index (χ0) is 14.0. The highest BCUT2D eigenvalue weighted by molar-refractivity contribution is 9.10. The number of nitrogens with two attached hydrogens (primary N) is 1. The van der Waals surface area contributed by atoms with Crippen LogP contribution in [0.15, 0.2) is 32.9 Å². The lowest BCUT2D eigenvalue weighted by Crippen LogP contribution is -2.02. The first-order valence-electron chi connectivity index (χ1n) is 5.25. The van der Waals surface area contributed by atoms with Gasteiger partial charge in [0.2, 0.25) is 5.78 Å². The van der Waals surface area contributed by atoms with E-state index in [0.29, 0.717) is 16.0 Å². The van der Waals surface area contributed by atoms with E-state index >= 15 is 0 Å². The van der Waals surface area contributed by atoms with Crippen LogP contribution in [0.25, 0.3) is 0 Å². The quantitative estimate of drug-likeness (QED) is 0.671. The second-order valence-corrected chi connectivity index (χ2v) is 6.67. The second-order valence-electron chi connectivity index (χ2n) is 3.66. The van der Waals surface area contributed by atoms with Gasteiger partial charge in [0.1, 0.15) is 16.5 Å². The van der Waals surface area contributed by atoms with Crippen molar-refractivity contribution in [2.45, 2.75) is 4.21 Å². The van der Waals surface area contributed by atoms with Gasteiger partial charge in [0, 0.05) is 10.0 Å². The summed E-state index contributed by atoms with van der Waals surface area (Å²) in [5.74, 6) is -0.152. The molecule has 0 radical (unpaired) electrons. The molecule has 3 nitrogen and oxygen atoms in total. The van der Waals surface area contributed by atoms with E-state index in [4.69, 9.17) is 11.0 Å². The Bertz CT molecular complexity index is 688. The lowest BCUT2D eigenvalue weighted by molar-refractivity contribution is 0.104. The number of thioether (sulfide) groups is 1. The first-order valence-corrected chi connectivity index (χ1v) is 8.08. The van der Waals surface area contributed by atoms with Gasteiger partial charge in [0.25, 0.3) is 0 Å². The molecule has 0 saturated carbocycles. The van der Waals surface area contributed by atoms with Crippen molar-refractivity contribution in [1.82, 2.24) is 0 Å². The van der Waals surface area contributed by atoms with Gasteiger partial charge in [-0.15, -0.1) is 23.1 Å². The molecule has 1 aromatic carbocycles. The molecule has 6 heteroatoms. The minimum Gasteiger partial charge on any atom is -0.396 e. The Kier molecular flexibility index (Phi) is 4.30. The van der Waals surface area contributed by atoms with E-state index in [1.807, 2.05) is 12.3 Å². The van der Waals surface area contributed by atoms with Gasteiger partial charge in [-0.25, -0.2) is 0 Å². The zero-order valence-corrected chi connectivity index (χ0v) is 13.2. The van der Waals surface area contributed by atoms with Crippen molar-refractivity contribution < 1.29 is 4.79 Å². The summed E-state index contributed by atoms with van der Waals surface area (Å²) >= 11 is 6.03. The Morgan fingerprint density at radius 1 is 1.53 bits per heavy atom. The zero-order valence-electron chi connectivity index (χ0n) is 9.94. The van der Waals surface area contributed by atoms with E-state index in [1.54, 1.807) is 18.2 Å². The van der Waals surface area contributed by atoms with Crippen molar-refractivity contribution in [2.75, 3.05) is 12.0 Å². The van der Waals surface area contributed by atoms with Gasteiger partial charge in [-0.05, 0) is 18.4 Å². The van der Waals surface area contributed by atoms with E-state index in [0.717, 1.165) is 8.68 Å². The summed E-state index contributed by atoms with van der Waals surface area (Å²) in [7, 11) is 0. The smallest absolute Gasteiger partial charge is 0.205 e. The monoisotopic (exact) mass is 352 g/mol. The fraction of sp³-hybridized carbons (Fsp3) is 0.0769. The molecule has 0 unspecified atom stereocenters. The third-order valence-corrected chi connectivity index (χ3v) is 5.32. The van der Waals surface area contributed by atoms with Crippen LogP contribution in [0.1, 0.15) is 20.8 Å². The number of benzene rings is 1. The summed E-state index contributed by atoms with van der Waals surface area (Å²) in [6.07, 6.45) is 1.86. The first kappa shape index (κ1) is 14.1. The Morgan fingerprint density at radius 2 is 2.26 bits per heavy atom. The highest BCUT2D eigenvalue weighted by Gasteiger charge is 2.21. The third-order valence-electron chi connectivity index (χ3n) is 2.50. The molecule has 2 aromatic rings. The van der Waals surface area contributed by atoms with Crippen LogP contribution in [0.2, 0.25) is 0 Å². The van der Waals surface area contributed by atoms with Gasteiger partial charge < -0.3 is 5.73 Å². The van der Waals surface area contributed by atoms with E-state index in [-0.39, 0.29) is 11.5 Å². The minimum atomic E-state index is -0.152. The van der Waals surface area contributed by atoms with Gasteiger partial charge >= 0.3 is 0 Å². The third kappa shape index (κ3) is 2.68. The lowest BCUT2D eigenvalue weighted by Gasteiger charge is -2.00. The number of nitrogen functional groups attached to an aromatic ring is 1. The first-order chi connectivity index (χ1) is 9.08. The van der Waals surface area contributed by atoms with Gasteiger partial charge in [-0.3, -0.25) is 4.79 Å². The number of thiophene rings is 1. The molecule has 96 valence electrons. The standard InChI is InChI=1S/C13H9BrN2OS2/c1-18-13-9(6-15)10(16)12(19-13)11(17)7-3-2-4-8(14)5-7/h2-5H,16H2,1H3. The summed E-state index contributed by atoms with van der Waals surface area (Å²) < 4.78 is 1.61. The fourth-order valence-corrected chi connectivity index (χ4v) is 3.81. The van der Waals surface area contributed by atoms with Crippen molar-refractivity contribution in [1.29, 1.82) is 5.26 Å².